The number of fused-ring (bicyclic) bond motifs is 1. The zero-order valence-electron chi connectivity index (χ0n) is 9.26. The molecule has 90 valence electrons. The highest BCUT2D eigenvalue weighted by Crippen LogP contribution is 2.38. The van der Waals surface area contributed by atoms with E-state index < -0.39 is 17.7 Å². The molecule has 3 nitrogen and oxygen atoms in total. The highest BCUT2D eigenvalue weighted by molar-refractivity contribution is 6.02. The summed E-state index contributed by atoms with van der Waals surface area (Å²) in [5, 5.41) is 5.59. The minimum Gasteiger partial charge on any atom is -0.324 e. The predicted molar refractivity (Wildman–Crippen MR) is 58.4 cm³/mol. The second-order valence-electron chi connectivity index (χ2n) is 4.76. The van der Waals surface area contributed by atoms with E-state index in [0.29, 0.717) is 5.92 Å². The SMILES string of the molecule is CC1CC1NC1C(=O)Nc2cc(F)cc(F)c21. The summed E-state index contributed by atoms with van der Waals surface area (Å²) in [6.07, 6.45) is 0.988. The first-order chi connectivity index (χ1) is 8.06. The smallest absolute Gasteiger partial charge is 0.246 e. The van der Waals surface area contributed by atoms with Crippen LogP contribution in [0, 0.1) is 17.6 Å². The highest BCUT2D eigenvalue weighted by Gasteiger charge is 2.41. The van der Waals surface area contributed by atoms with E-state index in [0.717, 1.165) is 18.6 Å². The molecule has 3 unspecified atom stereocenters. The topological polar surface area (TPSA) is 41.1 Å². The van der Waals surface area contributed by atoms with Gasteiger partial charge in [-0.1, -0.05) is 6.92 Å². The summed E-state index contributed by atoms with van der Waals surface area (Å²) in [7, 11) is 0. The maximum atomic E-state index is 13.7. The van der Waals surface area contributed by atoms with Crippen LogP contribution in [0.5, 0.6) is 0 Å². The van der Waals surface area contributed by atoms with Crippen molar-refractivity contribution in [2.75, 3.05) is 5.32 Å². The first kappa shape index (κ1) is 10.7. The Balaban J connectivity index is 1.95. The van der Waals surface area contributed by atoms with Crippen LogP contribution >= 0.6 is 0 Å². The Morgan fingerprint density at radius 1 is 1.41 bits per heavy atom. The third kappa shape index (κ3) is 1.70. The fraction of sp³-hybridized carbons (Fsp3) is 0.417. The highest BCUT2D eigenvalue weighted by atomic mass is 19.1. The molecule has 1 saturated carbocycles. The van der Waals surface area contributed by atoms with Crippen LogP contribution in [0.1, 0.15) is 24.9 Å². The first-order valence-corrected chi connectivity index (χ1v) is 5.62. The number of hydrogen-bond acceptors (Lipinski definition) is 2. The van der Waals surface area contributed by atoms with Crippen molar-refractivity contribution >= 4 is 11.6 Å². The Labute approximate surface area is 97.2 Å². The largest absolute Gasteiger partial charge is 0.324 e. The zero-order valence-corrected chi connectivity index (χ0v) is 9.26. The Bertz CT molecular complexity index is 504. The molecule has 1 aromatic carbocycles. The molecule has 3 atom stereocenters. The van der Waals surface area contributed by atoms with Crippen LogP contribution < -0.4 is 10.6 Å². The third-order valence-electron chi connectivity index (χ3n) is 3.39. The molecule has 2 aliphatic rings. The molecule has 1 heterocycles. The van der Waals surface area contributed by atoms with Crippen molar-refractivity contribution in [2.45, 2.75) is 25.4 Å². The van der Waals surface area contributed by atoms with E-state index in [4.69, 9.17) is 0 Å². The number of carbonyl (C=O) groups is 1. The molecule has 0 spiro atoms. The van der Waals surface area contributed by atoms with Crippen LogP contribution in [0.15, 0.2) is 12.1 Å². The van der Waals surface area contributed by atoms with E-state index in [2.05, 4.69) is 17.6 Å². The lowest BCUT2D eigenvalue weighted by Gasteiger charge is -2.11. The van der Waals surface area contributed by atoms with Gasteiger partial charge in [0.1, 0.15) is 17.7 Å². The van der Waals surface area contributed by atoms with Gasteiger partial charge in [0, 0.05) is 17.7 Å². The molecule has 1 aromatic rings. The lowest BCUT2D eigenvalue weighted by atomic mass is 10.1. The van der Waals surface area contributed by atoms with Crippen molar-refractivity contribution < 1.29 is 13.6 Å². The van der Waals surface area contributed by atoms with Gasteiger partial charge in [0.25, 0.3) is 0 Å². The number of rotatable bonds is 2. The van der Waals surface area contributed by atoms with E-state index in [1.54, 1.807) is 0 Å². The molecule has 0 aromatic heterocycles. The third-order valence-corrected chi connectivity index (χ3v) is 3.39. The molecular formula is C12H12F2N2O. The number of hydrogen-bond donors (Lipinski definition) is 2. The van der Waals surface area contributed by atoms with Gasteiger partial charge >= 0.3 is 0 Å². The molecule has 0 bridgehead atoms. The molecular weight excluding hydrogens is 226 g/mol. The van der Waals surface area contributed by atoms with E-state index in [-0.39, 0.29) is 23.2 Å². The van der Waals surface area contributed by atoms with Crippen molar-refractivity contribution in [1.29, 1.82) is 0 Å². The molecule has 5 heteroatoms. The monoisotopic (exact) mass is 238 g/mol. The lowest BCUT2D eigenvalue weighted by molar-refractivity contribution is -0.117. The van der Waals surface area contributed by atoms with Crippen molar-refractivity contribution in [3.63, 3.8) is 0 Å². The lowest BCUT2D eigenvalue weighted by Crippen LogP contribution is -2.30. The average molecular weight is 238 g/mol. The molecule has 1 amide bonds. The Hall–Kier alpha value is -1.49. The molecule has 17 heavy (non-hydrogen) atoms. The summed E-state index contributed by atoms with van der Waals surface area (Å²) < 4.78 is 26.7. The molecule has 0 radical (unpaired) electrons. The standard InChI is InChI=1S/C12H12F2N2O/c1-5-2-8(5)15-11-10-7(14)3-6(13)4-9(10)16-12(11)17/h3-5,8,11,15H,2H2,1H3,(H,16,17). The number of anilines is 1. The van der Waals surface area contributed by atoms with Gasteiger partial charge in [-0.2, -0.15) is 0 Å². The first-order valence-electron chi connectivity index (χ1n) is 5.62. The van der Waals surface area contributed by atoms with Crippen molar-refractivity contribution in [2.24, 2.45) is 5.92 Å². The second kappa shape index (κ2) is 3.50. The van der Waals surface area contributed by atoms with Crippen molar-refractivity contribution in [3.8, 4) is 0 Å². The fourth-order valence-corrected chi connectivity index (χ4v) is 2.24. The van der Waals surface area contributed by atoms with Gasteiger partial charge in [-0.05, 0) is 18.4 Å². The summed E-state index contributed by atoms with van der Waals surface area (Å²) in [6.45, 7) is 2.06. The van der Waals surface area contributed by atoms with Crippen LogP contribution in [0.4, 0.5) is 14.5 Å². The van der Waals surface area contributed by atoms with Gasteiger partial charge in [-0.15, -0.1) is 0 Å². The average Bonchev–Trinajstić information content (AvgIpc) is 2.81. The van der Waals surface area contributed by atoms with Crippen molar-refractivity contribution in [1.82, 2.24) is 5.32 Å². The fourth-order valence-electron chi connectivity index (χ4n) is 2.24. The Morgan fingerprint density at radius 2 is 2.12 bits per heavy atom. The van der Waals surface area contributed by atoms with Crippen LogP contribution in [0.2, 0.25) is 0 Å². The summed E-state index contributed by atoms with van der Waals surface area (Å²) in [6, 6.07) is 1.51. The zero-order chi connectivity index (χ0) is 12.2. The maximum Gasteiger partial charge on any atom is 0.246 e. The molecule has 1 aliphatic heterocycles. The van der Waals surface area contributed by atoms with Gasteiger partial charge < -0.3 is 5.32 Å². The van der Waals surface area contributed by atoms with E-state index in [1.165, 1.54) is 0 Å². The molecule has 1 fully saturated rings. The number of carbonyl (C=O) groups excluding carboxylic acids is 1. The normalized spacial score (nSPS) is 30.1. The van der Waals surface area contributed by atoms with Crippen LogP contribution in [-0.2, 0) is 4.79 Å². The summed E-state index contributed by atoms with van der Waals surface area (Å²) in [4.78, 5) is 11.7. The minimum atomic E-state index is -0.694. The summed E-state index contributed by atoms with van der Waals surface area (Å²) in [5.74, 6) is -1.16. The van der Waals surface area contributed by atoms with Gasteiger partial charge in [0.05, 0.1) is 5.69 Å². The van der Waals surface area contributed by atoms with Gasteiger partial charge in [-0.3, -0.25) is 10.1 Å². The quantitative estimate of drug-likeness (QED) is 0.826. The van der Waals surface area contributed by atoms with Gasteiger partial charge in [-0.25, -0.2) is 8.78 Å². The van der Waals surface area contributed by atoms with E-state index in [1.807, 2.05) is 0 Å². The van der Waals surface area contributed by atoms with Crippen LogP contribution in [0.25, 0.3) is 0 Å². The van der Waals surface area contributed by atoms with Gasteiger partial charge in [0.15, 0.2) is 0 Å². The maximum absolute atomic E-state index is 13.7. The Morgan fingerprint density at radius 3 is 2.76 bits per heavy atom. The van der Waals surface area contributed by atoms with Crippen LogP contribution in [0.3, 0.4) is 0 Å². The number of halogens is 2. The predicted octanol–water partition coefficient (Wildman–Crippen LogP) is 1.96. The van der Waals surface area contributed by atoms with Crippen LogP contribution in [-0.4, -0.2) is 11.9 Å². The van der Waals surface area contributed by atoms with Gasteiger partial charge in [0.2, 0.25) is 5.91 Å². The molecule has 1 aliphatic carbocycles. The summed E-state index contributed by atoms with van der Waals surface area (Å²) in [5.41, 5.74) is 0.466. The molecule has 2 N–H and O–H groups in total. The number of benzene rings is 1. The summed E-state index contributed by atoms with van der Waals surface area (Å²) >= 11 is 0. The molecule has 0 saturated heterocycles. The second-order valence-corrected chi connectivity index (χ2v) is 4.76. The van der Waals surface area contributed by atoms with E-state index >= 15 is 0 Å². The Kier molecular flexibility index (Phi) is 2.19. The minimum absolute atomic E-state index is 0.232. The number of nitrogens with one attached hydrogen (secondary N) is 2. The number of amides is 1. The van der Waals surface area contributed by atoms with Crippen molar-refractivity contribution in [3.05, 3.63) is 29.3 Å². The molecule has 3 rings (SSSR count). The van der Waals surface area contributed by atoms with E-state index in [9.17, 15) is 13.6 Å².